The number of nitrogens with zero attached hydrogens (tertiary/aromatic N) is 1. The second kappa shape index (κ2) is 8.90. The summed E-state index contributed by atoms with van der Waals surface area (Å²) in [6.45, 7) is 13.1. The van der Waals surface area contributed by atoms with Crippen LogP contribution in [-0.4, -0.2) is 50.3 Å². The van der Waals surface area contributed by atoms with E-state index in [1.54, 1.807) is 0 Å². The zero-order valence-corrected chi connectivity index (χ0v) is 11.9. The summed E-state index contributed by atoms with van der Waals surface area (Å²) in [6, 6.07) is 0.714. The van der Waals surface area contributed by atoms with Crippen molar-refractivity contribution in [1.82, 2.24) is 10.2 Å². The molecule has 0 spiro atoms. The third-order valence-electron chi connectivity index (χ3n) is 3.48. The molecule has 3 heteroatoms. The molecule has 1 aliphatic heterocycles. The highest BCUT2D eigenvalue weighted by Crippen LogP contribution is 2.06. The molecule has 0 saturated carbocycles. The summed E-state index contributed by atoms with van der Waals surface area (Å²) in [7, 11) is 0. The lowest BCUT2D eigenvalue weighted by molar-refractivity contribution is 0.0951. The molecule has 0 aromatic rings. The van der Waals surface area contributed by atoms with E-state index >= 15 is 0 Å². The Kier molecular flexibility index (Phi) is 7.82. The van der Waals surface area contributed by atoms with Crippen molar-refractivity contribution in [2.75, 3.05) is 39.4 Å². The van der Waals surface area contributed by atoms with Crippen LogP contribution >= 0.6 is 0 Å². The zero-order chi connectivity index (χ0) is 12.5. The highest BCUT2D eigenvalue weighted by Gasteiger charge is 2.16. The SMILES string of the molecule is CCN(CCOCCC(C)C)CC1CCCN1. The molecule has 3 nitrogen and oxygen atoms in total. The maximum absolute atomic E-state index is 5.68. The third kappa shape index (κ3) is 7.02. The Morgan fingerprint density at radius 2 is 2.18 bits per heavy atom. The number of nitrogens with one attached hydrogen (secondary N) is 1. The van der Waals surface area contributed by atoms with Gasteiger partial charge in [-0.25, -0.2) is 0 Å². The van der Waals surface area contributed by atoms with Crippen molar-refractivity contribution < 1.29 is 4.74 Å². The van der Waals surface area contributed by atoms with Crippen LogP contribution in [0, 0.1) is 5.92 Å². The Balaban J connectivity index is 2.01. The van der Waals surface area contributed by atoms with Gasteiger partial charge in [0.15, 0.2) is 0 Å². The lowest BCUT2D eigenvalue weighted by Crippen LogP contribution is -2.39. The molecule has 0 aliphatic carbocycles. The molecule has 1 saturated heterocycles. The molecule has 0 radical (unpaired) electrons. The fourth-order valence-corrected chi connectivity index (χ4v) is 2.22. The molecule has 0 bridgehead atoms. The third-order valence-corrected chi connectivity index (χ3v) is 3.48. The standard InChI is InChI=1S/C14H30N2O/c1-4-16(12-14-6-5-8-15-14)9-11-17-10-7-13(2)3/h13-15H,4-12H2,1-3H3. The number of hydrogen-bond donors (Lipinski definition) is 1. The molecule has 1 aliphatic rings. The van der Waals surface area contributed by atoms with E-state index in [2.05, 4.69) is 31.0 Å². The van der Waals surface area contributed by atoms with Gasteiger partial charge in [-0.05, 0) is 38.3 Å². The predicted molar refractivity (Wildman–Crippen MR) is 73.4 cm³/mol. The highest BCUT2D eigenvalue weighted by atomic mass is 16.5. The van der Waals surface area contributed by atoms with Crippen molar-refractivity contribution in [2.24, 2.45) is 5.92 Å². The molecule has 1 unspecified atom stereocenters. The van der Waals surface area contributed by atoms with Gasteiger partial charge < -0.3 is 10.1 Å². The van der Waals surface area contributed by atoms with E-state index in [1.165, 1.54) is 32.4 Å². The van der Waals surface area contributed by atoms with Gasteiger partial charge in [0, 0.05) is 25.7 Å². The molecule has 1 fully saturated rings. The lowest BCUT2D eigenvalue weighted by Gasteiger charge is -2.24. The second-order valence-electron chi connectivity index (χ2n) is 5.48. The fourth-order valence-electron chi connectivity index (χ4n) is 2.22. The van der Waals surface area contributed by atoms with Gasteiger partial charge in [-0.3, -0.25) is 4.90 Å². The first kappa shape index (κ1) is 14.9. The average Bonchev–Trinajstić information content (AvgIpc) is 2.79. The topological polar surface area (TPSA) is 24.5 Å². The number of rotatable bonds is 9. The van der Waals surface area contributed by atoms with Gasteiger partial charge in [0.1, 0.15) is 0 Å². The summed E-state index contributed by atoms with van der Waals surface area (Å²) in [5, 5.41) is 3.56. The van der Waals surface area contributed by atoms with Crippen molar-refractivity contribution in [3.05, 3.63) is 0 Å². The van der Waals surface area contributed by atoms with E-state index < -0.39 is 0 Å². The monoisotopic (exact) mass is 242 g/mol. The normalized spacial score (nSPS) is 20.6. The van der Waals surface area contributed by atoms with Crippen LogP contribution < -0.4 is 5.32 Å². The van der Waals surface area contributed by atoms with E-state index in [0.717, 1.165) is 32.2 Å². The van der Waals surface area contributed by atoms with E-state index in [-0.39, 0.29) is 0 Å². The van der Waals surface area contributed by atoms with Crippen LogP contribution in [0.15, 0.2) is 0 Å². The Morgan fingerprint density at radius 3 is 2.76 bits per heavy atom. The quantitative estimate of drug-likeness (QED) is 0.627. The predicted octanol–water partition coefficient (Wildman–Crippen LogP) is 2.12. The smallest absolute Gasteiger partial charge is 0.0593 e. The van der Waals surface area contributed by atoms with Crippen LogP contribution in [0.4, 0.5) is 0 Å². The molecule has 1 rings (SSSR count). The van der Waals surface area contributed by atoms with Gasteiger partial charge in [0.25, 0.3) is 0 Å². The van der Waals surface area contributed by atoms with Crippen LogP contribution in [0.1, 0.15) is 40.0 Å². The van der Waals surface area contributed by atoms with Crippen molar-refractivity contribution in [2.45, 2.75) is 46.1 Å². The molecule has 1 N–H and O–H groups in total. The molecule has 102 valence electrons. The Bertz CT molecular complexity index is 179. The summed E-state index contributed by atoms with van der Waals surface area (Å²) in [5.74, 6) is 0.750. The number of hydrogen-bond acceptors (Lipinski definition) is 3. The van der Waals surface area contributed by atoms with Gasteiger partial charge in [-0.2, -0.15) is 0 Å². The average molecular weight is 242 g/mol. The molecule has 1 heterocycles. The van der Waals surface area contributed by atoms with Gasteiger partial charge in [-0.1, -0.05) is 20.8 Å². The van der Waals surface area contributed by atoms with E-state index in [1.807, 2.05) is 0 Å². The minimum atomic E-state index is 0.714. The fraction of sp³-hybridized carbons (Fsp3) is 1.00. The van der Waals surface area contributed by atoms with Gasteiger partial charge in [-0.15, -0.1) is 0 Å². The summed E-state index contributed by atoms with van der Waals surface area (Å²) < 4.78 is 5.68. The van der Waals surface area contributed by atoms with Crippen molar-refractivity contribution in [3.63, 3.8) is 0 Å². The maximum Gasteiger partial charge on any atom is 0.0593 e. The molecule has 0 amide bonds. The van der Waals surface area contributed by atoms with Crippen molar-refractivity contribution in [3.8, 4) is 0 Å². The summed E-state index contributed by atoms with van der Waals surface area (Å²) in [5.41, 5.74) is 0. The molecule has 1 atom stereocenters. The summed E-state index contributed by atoms with van der Waals surface area (Å²) in [6.07, 6.45) is 3.86. The van der Waals surface area contributed by atoms with Gasteiger partial charge in [0.05, 0.1) is 6.61 Å². The Hall–Kier alpha value is -0.120. The number of ether oxygens (including phenoxy) is 1. The molecular formula is C14H30N2O. The Labute approximate surface area is 107 Å². The van der Waals surface area contributed by atoms with Crippen molar-refractivity contribution in [1.29, 1.82) is 0 Å². The summed E-state index contributed by atoms with van der Waals surface area (Å²) in [4.78, 5) is 2.50. The second-order valence-corrected chi connectivity index (χ2v) is 5.48. The first-order chi connectivity index (χ1) is 8.22. The van der Waals surface area contributed by atoms with Crippen LogP contribution in [0.3, 0.4) is 0 Å². The molecule has 17 heavy (non-hydrogen) atoms. The van der Waals surface area contributed by atoms with Crippen LogP contribution in [0.25, 0.3) is 0 Å². The molecule has 0 aromatic heterocycles. The lowest BCUT2D eigenvalue weighted by atomic mass is 10.1. The Morgan fingerprint density at radius 1 is 1.35 bits per heavy atom. The first-order valence-electron chi connectivity index (χ1n) is 7.25. The van der Waals surface area contributed by atoms with Crippen LogP contribution in [0.2, 0.25) is 0 Å². The largest absolute Gasteiger partial charge is 0.380 e. The van der Waals surface area contributed by atoms with Crippen LogP contribution in [-0.2, 0) is 4.74 Å². The van der Waals surface area contributed by atoms with Gasteiger partial charge in [0.2, 0.25) is 0 Å². The highest BCUT2D eigenvalue weighted by molar-refractivity contribution is 4.77. The summed E-state index contributed by atoms with van der Waals surface area (Å²) >= 11 is 0. The van der Waals surface area contributed by atoms with Gasteiger partial charge >= 0.3 is 0 Å². The van der Waals surface area contributed by atoms with E-state index in [0.29, 0.717) is 6.04 Å². The van der Waals surface area contributed by atoms with Crippen molar-refractivity contribution >= 4 is 0 Å². The molecular weight excluding hydrogens is 212 g/mol. The minimum absolute atomic E-state index is 0.714. The first-order valence-corrected chi connectivity index (χ1v) is 7.25. The van der Waals surface area contributed by atoms with E-state index in [4.69, 9.17) is 4.74 Å². The number of likely N-dealkylation sites (N-methyl/N-ethyl adjacent to an activating group) is 1. The van der Waals surface area contributed by atoms with Crippen LogP contribution in [0.5, 0.6) is 0 Å². The zero-order valence-electron chi connectivity index (χ0n) is 11.9. The van der Waals surface area contributed by atoms with E-state index in [9.17, 15) is 0 Å². The minimum Gasteiger partial charge on any atom is -0.380 e. The molecule has 0 aromatic carbocycles. The maximum atomic E-state index is 5.68.